The lowest BCUT2D eigenvalue weighted by Gasteiger charge is -2.19. The number of aromatic nitrogens is 2. The van der Waals surface area contributed by atoms with Crippen LogP contribution in [0.15, 0.2) is 40.9 Å². The van der Waals surface area contributed by atoms with Crippen LogP contribution in [0.4, 0.5) is 5.82 Å². The van der Waals surface area contributed by atoms with Crippen LogP contribution in [0.5, 0.6) is 0 Å². The molecule has 0 aliphatic carbocycles. The molecule has 1 unspecified atom stereocenters. The Morgan fingerprint density at radius 2 is 1.96 bits per heavy atom. The molecule has 24 heavy (non-hydrogen) atoms. The average molecular weight is 381 g/mol. The minimum Gasteiger partial charge on any atom is -0.363 e. The predicted octanol–water partition coefficient (Wildman–Crippen LogP) is 5.05. The fourth-order valence-corrected chi connectivity index (χ4v) is 3.21. The zero-order valence-corrected chi connectivity index (χ0v) is 15.3. The molecule has 0 fully saturated rings. The van der Waals surface area contributed by atoms with Crippen LogP contribution >= 0.6 is 15.9 Å². The Morgan fingerprint density at radius 3 is 2.71 bits per heavy atom. The summed E-state index contributed by atoms with van der Waals surface area (Å²) >= 11 is 3.51. The van der Waals surface area contributed by atoms with Gasteiger partial charge in [0, 0.05) is 9.86 Å². The number of fused-ring (bicyclic) bond motifs is 1. The molecule has 1 N–H and O–H groups in total. The molecule has 0 spiro atoms. The quantitative estimate of drug-likeness (QED) is 0.689. The minimum atomic E-state index is 0.0229. The van der Waals surface area contributed by atoms with Crippen molar-refractivity contribution in [1.82, 2.24) is 9.97 Å². The Bertz CT molecular complexity index is 959. The van der Waals surface area contributed by atoms with Gasteiger partial charge < -0.3 is 5.32 Å². The maximum Gasteiger partial charge on any atom is 0.138 e. The molecule has 4 nitrogen and oxygen atoms in total. The fourth-order valence-electron chi connectivity index (χ4n) is 2.85. The molecule has 0 bridgehead atoms. The normalized spacial score (nSPS) is 12.0. The van der Waals surface area contributed by atoms with E-state index in [9.17, 15) is 5.26 Å². The predicted molar refractivity (Wildman–Crippen MR) is 99.9 cm³/mol. The lowest BCUT2D eigenvalue weighted by molar-refractivity contribution is 0.861. The van der Waals surface area contributed by atoms with E-state index >= 15 is 0 Å². The molecule has 0 saturated heterocycles. The molecule has 1 atom stereocenters. The molecular weight excluding hydrogens is 364 g/mol. The minimum absolute atomic E-state index is 0.0229. The Kier molecular flexibility index (Phi) is 4.50. The summed E-state index contributed by atoms with van der Waals surface area (Å²) in [6.45, 7) is 5.94. The number of anilines is 1. The standard InChI is InChI=1S/C19H17BrN4/c1-11-14(10-21)5-4-6-16(11)12(2)22-19-17-9-15(20)7-8-18(17)23-13(3)24-19/h4-9,12H,1-3H3,(H,22,23,24). The Hall–Kier alpha value is -2.45. The fraction of sp³-hybridized carbons (Fsp3) is 0.211. The van der Waals surface area contributed by atoms with Crippen LogP contribution in [0.1, 0.15) is 35.5 Å². The molecular formula is C19H17BrN4. The van der Waals surface area contributed by atoms with Crippen LogP contribution in [0.25, 0.3) is 10.9 Å². The maximum absolute atomic E-state index is 9.23. The van der Waals surface area contributed by atoms with Crippen LogP contribution in [-0.4, -0.2) is 9.97 Å². The van der Waals surface area contributed by atoms with E-state index in [0.29, 0.717) is 5.56 Å². The topological polar surface area (TPSA) is 61.6 Å². The number of halogens is 1. The number of hydrogen-bond acceptors (Lipinski definition) is 4. The highest BCUT2D eigenvalue weighted by atomic mass is 79.9. The molecule has 0 aliphatic rings. The molecule has 3 aromatic rings. The van der Waals surface area contributed by atoms with Crippen molar-refractivity contribution < 1.29 is 0 Å². The van der Waals surface area contributed by atoms with Crippen LogP contribution in [0, 0.1) is 25.2 Å². The summed E-state index contributed by atoms with van der Waals surface area (Å²) in [5.74, 6) is 1.52. The summed E-state index contributed by atoms with van der Waals surface area (Å²) in [6, 6.07) is 14.0. The van der Waals surface area contributed by atoms with Gasteiger partial charge in [-0.1, -0.05) is 28.1 Å². The van der Waals surface area contributed by atoms with E-state index in [1.807, 2.05) is 50.2 Å². The van der Waals surface area contributed by atoms with Gasteiger partial charge in [-0.3, -0.25) is 0 Å². The maximum atomic E-state index is 9.23. The number of hydrogen-bond donors (Lipinski definition) is 1. The van der Waals surface area contributed by atoms with E-state index in [-0.39, 0.29) is 6.04 Å². The zero-order chi connectivity index (χ0) is 17.3. The summed E-state index contributed by atoms with van der Waals surface area (Å²) in [5, 5.41) is 13.7. The zero-order valence-electron chi connectivity index (χ0n) is 13.8. The summed E-state index contributed by atoms with van der Waals surface area (Å²) in [6.07, 6.45) is 0. The molecule has 2 aromatic carbocycles. The van der Waals surface area contributed by atoms with E-state index < -0.39 is 0 Å². The van der Waals surface area contributed by atoms with Crippen molar-refractivity contribution in [3.63, 3.8) is 0 Å². The molecule has 3 rings (SSSR count). The number of nitrogens with one attached hydrogen (secondary N) is 1. The first-order chi connectivity index (χ1) is 11.5. The first-order valence-electron chi connectivity index (χ1n) is 7.69. The highest BCUT2D eigenvalue weighted by Crippen LogP contribution is 2.28. The second-order valence-corrected chi connectivity index (χ2v) is 6.69. The lowest BCUT2D eigenvalue weighted by atomic mass is 9.98. The SMILES string of the molecule is Cc1nc(NC(C)c2cccc(C#N)c2C)c2cc(Br)ccc2n1. The second-order valence-electron chi connectivity index (χ2n) is 5.78. The molecule has 0 radical (unpaired) electrons. The first-order valence-corrected chi connectivity index (χ1v) is 8.49. The van der Waals surface area contributed by atoms with Crippen LogP contribution in [0.2, 0.25) is 0 Å². The molecule has 0 saturated carbocycles. The Balaban J connectivity index is 2.04. The van der Waals surface area contributed by atoms with E-state index in [1.54, 1.807) is 0 Å². The molecule has 1 aromatic heterocycles. The molecule has 1 heterocycles. The van der Waals surface area contributed by atoms with E-state index in [2.05, 4.69) is 44.2 Å². The van der Waals surface area contributed by atoms with Gasteiger partial charge in [-0.25, -0.2) is 9.97 Å². The summed E-state index contributed by atoms with van der Waals surface area (Å²) in [7, 11) is 0. The highest BCUT2D eigenvalue weighted by Gasteiger charge is 2.14. The van der Waals surface area contributed by atoms with Crippen molar-refractivity contribution >= 4 is 32.7 Å². The summed E-state index contributed by atoms with van der Waals surface area (Å²) in [4.78, 5) is 9.06. The molecule has 5 heteroatoms. The number of benzene rings is 2. The first kappa shape index (κ1) is 16.4. The average Bonchev–Trinajstić information content (AvgIpc) is 2.55. The third-order valence-electron chi connectivity index (χ3n) is 4.09. The van der Waals surface area contributed by atoms with Gasteiger partial charge in [0.2, 0.25) is 0 Å². The molecule has 0 aliphatic heterocycles. The van der Waals surface area contributed by atoms with Crippen LogP contribution < -0.4 is 5.32 Å². The van der Waals surface area contributed by atoms with Gasteiger partial charge in [0.25, 0.3) is 0 Å². The van der Waals surface area contributed by atoms with Gasteiger partial charge in [-0.2, -0.15) is 5.26 Å². The van der Waals surface area contributed by atoms with Gasteiger partial charge in [0.1, 0.15) is 11.6 Å². The van der Waals surface area contributed by atoms with Crippen molar-refractivity contribution in [3.05, 3.63) is 63.4 Å². The smallest absolute Gasteiger partial charge is 0.138 e. The van der Waals surface area contributed by atoms with Crippen molar-refractivity contribution in [3.8, 4) is 6.07 Å². The number of nitrogens with zero attached hydrogens (tertiary/aromatic N) is 3. The Labute approximate surface area is 149 Å². The van der Waals surface area contributed by atoms with Crippen LogP contribution in [-0.2, 0) is 0 Å². The molecule has 0 amide bonds. The van der Waals surface area contributed by atoms with Crippen molar-refractivity contribution in [2.75, 3.05) is 5.32 Å². The largest absolute Gasteiger partial charge is 0.363 e. The van der Waals surface area contributed by atoms with Gasteiger partial charge in [0.05, 0.1) is 23.2 Å². The van der Waals surface area contributed by atoms with Crippen molar-refractivity contribution in [2.24, 2.45) is 0 Å². The third kappa shape index (κ3) is 3.10. The van der Waals surface area contributed by atoms with Crippen molar-refractivity contribution in [2.45, 2.75) is 26.8 Å². The van der Waals surface area contributed by atoms with Crippen LogP contribution in [0.3, 0.4) is 0 Å². The highest BCUT2D eigenvalue weighted by molar-refractivity contribution is 9.10. The van der Waals surface area contributed by atoms with Gasteiger partial charge >= 0.3 is 0 Å². The molecule has 120 valence electrons. The third-order valence-corrected chi connectivity index (χ3v) is 4.58. The van der Waals surface area contributed by atoms with Gasteiger partial charge in [-0.15, -0.1) is 0 Å². The summed E-state index contributed by atoms with van der Waals surface area (Å²) < 4.78 is 0.987. The number of aryl methyl sites for hydroxylation is 1. The Morgan fingerprint density at radius 1 is 1.17 bits per heavy atom. The van der Waals surface area contributed by atoms with E-state index in [1.165, 1.54) is 0 Å². The van der Waals surface area contributed by atoms with Gasteiger partial charge in [0.15, 0.2) is 0 Å². The monoisotopic (exact) mass is 380 g/mol. The van der Waals surface area contributed by atoms with Crippen molar-refractivity contribution in [1.29, 1.82) is 5.26 Å². The number of nitriles is 1. The second kappa shape index (κ2) is 6.58. The lowest BCUT2D eigenvalue weighted by Crippen LogP contribution is -2.11. The van der Waals surface area contributed by atoms with E-state index in [0.717, 1.165) is 38.1 Å². The summed E-state index contributed by atoms with van der Waals surface area (Å²) in [5.41, 5.74) is 3.69. The number of rotatable bonds is 3. The van der Waals surface area contributed by atoms with E-state index in [4.69, 9.17) is 0 Å². The van der Waals surface area contributed by atoms with Gasteiger partial charge in [-0.05, 0) is 56.2 Å².